The minimum Gasteiger partial charge on any atom is -0.480 e. The van der Waals surface area contributed by atoms with Gasteiger partial charge in [0.15, 0.2) is 0 Å². The minimum atomic E-state index is -5.10. The zero-order chi connectivity index (χ0) is 17.8. The van der Waals surface area contributed by atoms with Crippen LogP contribution in [0.15, 0.2) is 12.3 Å². The van der Waals surface area contributed by atoms with E-state index in [9.17, 15) is 22.8 Å². The molecule has 0 saturated carbocycles. The molecule has 0 unspecified atom stereocenters. The highest BCUT2D eigenvalue weighted by Gasteiger charge is 2.43. The summed E-state index contributed by atoms with van der Waals surface area (Å²) in [5.41, 5.74) is -1.73. The van der Waals surface area contributed by atoms with Crippen LogP contribution in [-0.2, 0) is 9.59 Å². The highest BCUT2D eigenvalue weighted by Crippen LogP contribution is 2.20. The average molecular weight is 330 g/mol. The van der Waals surface area contributed by atoms with Crippen LogP contribution in [0, 0.1) is 11.3 Å². The summed E-state index contributed by atoms with van der Waals surface area (Å²) in [7, 11) is 1.30. The van der Waals surface area contributed by atoms with Crippen LogP contribution in [-0.4, -0.2) is 35.6 Å². The molecule has 1 aromatic rings. The Hall–Kier alpha value is -2.83. The van der Waals surface area contributed by atoms with Crippen molar-refractivity contribution in [1.29, 1.82) is 5.26 Å². The third-order valence-electron chi connectivity index (χ3n) is 2.67. The molecule has 2 N–H and O–H groups in total. The van der Waals surface area contributed by atoms with Gasteiger partial charge in [0.05, 0.1) is 19.0 Å². The number of pyridine rings is 1. The highest BCUT2D eigenvalue weighted by molar-refractivity contribution is 6.00. The smallest absolute Gasteiger partial charge is 0.471 e. The number of aromatic nitrogens is 1. The summed E-state index contributed by atoms with van der Waals surface area (Å²) in [5, 5.41) is 12.8. The molecule has 0 aliphatic rings. The van der Waals surface area contributed by atoms with E-state index in [1.807, 2.05) is 0 Å². The molecule has 23 heavy (non-hydrogen) atoms. The van der Waals surface area contributed by atoms with Gasteiger partial charge in [-0.05, 0) is 19.9 Å². The van der Waals surface area contributed by atoms with Gasteiger partial charge < -0.3 is 15.4 Å². The van der Waals surface area contributed by atoms with Crippen molar-refractivity contribution in [3.63, 3.8) is 0 Å². The molecule has 10 heteroatoms. The molecular formula is C13H13F3N4O3. The van der Waals surface area contributed by atoms with Crippen LogP contribution >= 0.6 is 0 Å². The van der Waals surface area contributed by atoms with Crippen molar-refractivity contribution in [1.82, 2.24) is 10.3 Å². The van der Waals surface area contributed by atoms with Crippen molar-refractivity contribution in [3.8, 4) is 11.9 Å². The summed E-state index contributed by atoms with van der Waals surface area (Å²) in [4.78, 5) is 26.7. The van der Waals surface area contributed by atoms with Gasteiger partial charge in [0.2, 0.25) is 11.8 Å². The third-order valence-corrected chi connectivity index (χ3v) is 2.67. The predicted molar refractivity (Wildman–Crippen MR) is 72.4 cm³/mol. The van der Waals surface area contributed by atoms with E-state index in [0.717, 1.165) is 13.8 Å². The van der Waals surface area contributed by atoms with Gasteiger partial charge in [0, 0.05) is 0 Å². The van der Waals surface area contributed by atoms with Crippen molar-refractivity contribution in [2.24, 2.45) is 0 Å². The number of carbonyl (C=O) groups excluding carboxylic acids is 2. The lowest BCUT2D eigenvalue weighted by molar-refractivity contribution is -0.175. The van der Waals surface area contributed by atoms with Crippen LogP contribution in [0.2, 0.25) is 0 Å². The van der Waals surface area contributed by atoms with Crippen LogP contribution in [0.25, 0.3) is 0 Å². The van der Waals surface area contributed by atoms with Gasteiger partial charge in [0.1, 0.15) is 17.2 Å². The molecule has 0 spiro atoms. The fourth-order valence-electron chi connectivity index (χ4n) is 1.46. The Balaban J connectivity index is 2.90. The van der Waals surface area contributed by atoms with Crippen LogP contribution in [0.3, 0.4) is 0 Å². The summed E-state index contributed by atoms with van der Waals surface area (Å²) in [5.74, 6) is -3.11. The molecule has 0 radical (unpaired) electrons. The molecule has 1 heterocycles. The molecule has 0 bridgehead atoms. The first kappa shape index (κ1) is 18.2. The van der Waals surface area contributed by atoms with Crippen LogP contribution < -0.4 is 15.4 Å². The molecule has 0 atom stereocenters. The second-order valence-electron chi connectivity index (χ2n) is 4.92. The maximum absolute atomic E-state index is 12.2. The first-order chi connectivity index (χ1) is 10.5. The number of hydrogen-bond donors (Lipinski definition) is 2. The Morgan fingerprint density at radius 2 is 1.91 bits per heavy atom. The Morgan fingerprint density at radius 1 is 1.30 bits per heavy atom. The van der Waals surface area contributed by atoms with Gasteiger partial charge >= 0.3 is 12.1 Å². The second kappa shape index (κ2) is 6.51. The first-order valence-electron chi connectivity index (χ1n) is 6.16. The zero-order valence-electron chi connectivity index (χ0n) is 12.4. The van der Waals surface area contributed by atoms with E-state index in [1.165, 1.54) is 19.4 Å². The number of halogens is 3. The Labute approximate surface area is 129 Å². The lowest BCUT2D eigenvalue weighted by atomic mass is 10.0. The molecule has 0 aliphatic heterocycles. The van der Waals surface area contributed by atoms with Crippen molar-refractivity contribution in [2.45, 2.75) is 25.6 Å². The Morgan fingerprint density at radius 3 is 2.39 bits per heavy atom. The quantitative estimate of drug-likeness (QED) is 0.867. The molecule has 1 rings (SSSR count). The molecule has 0 fully saturated rings. The number of amides is 2. The number of alkyl halides is 3. The fourth-order valence-corrected chi connectivity index (χ4v) is 1.46. The molecule has 1 aromatic heterocycles. The van der Waals surface area contributed by atoms with Crippen molar-refractivity contribution >= 4 is 17.5 Å². The van der Waals surface area contributed by atoms with Gasteiger partial charge in [-0.15, -0.1) is 0 Å². The Kier molecular flexibility index (Phi) is 5.16. The summed E-state index contributed by atoms with van der Waals surface area (Å²) in [6, 6.07) is 3.04. The van der Waals surface area contributed by atoms with E-state index < -0.39 is 23.5 Å². The van der Waals surface area contributed by atoms with E-state index in [2.05, 4.69) is 10.3 Å². The normalized spacial score (nSPS) is 11.3. The van der Waals surface area contributed by atoms with Crippen LogP contribution in [0.5, 0.6) is 5.88 Å². The summed E-state index contributed by atoms with van der Waals surface area (Å²) < 4.78 is 41.6. The van der Waals surface area contributed by atoms with Gasteiger partial charge in [-0.25, -0.2) is 4.98 Å². The van der Waals surface area contributed by atoms with E-state index in [-0.39, 0.29) is 17.1 Å². The van der Waals surface area contributed by atoms with Crippen LogP contribution in [0.1, 0.15) is 19.4 Å². The van der Waals surface area contributed by atoms with E-state index in [4.69, 9.17) is 10.00 Å². The maximum Gasteiger partial charge on any atom is 0.471 e. The maximum atomic E-state index is 12.2. The molecule has 124 valence electrons. The van der Waals surface area contributed by atoms with Crippen molar-refractivity contribution in [2.75, 3.05) is 12.4 Å². The van der Waals surface area contributed by atoms with E-state index in [0.29, 0.717) is 0 Å². The molecule has 2 amide bonds. The number of rotatable bonds is 4. The van der Waals surface area contributed by atoms with Crippen molar-refractivity contribution < 1.29 is 27.5 Å². The predicted octanol–water partition coefficient (Wildman–Crippen LogP) is 1.36. The summed E-state index contributed by atoms with van der Waals surface area (Å²) in [6.45, 7) is 2.21. The number of ether oxygens (including phenoxy) is 1. The molecule has 0 aliphatic carbocycles. The number of nitriles is 1. The summed E-state index contributed by atoms with van der Waals surface area (Å²) >= 11 is 0. The van der Waals surface area contributed by atoms with Gasteiger partial charge in [0.25, 0.3) is 0 Å². The topological polar surface area (TPSA) is 104 Å². The fraction of sp³-hybridized carbons (Fsp3) is 0.385. The largest absolute Gasteiger partial charge is 0.480 e. The first-order valence-corrected chi connectivity index (χ1v) is 6.16. The van der Waals surface area contributed by atoms with Gasteiger partial charge in [-0.2, -0.15) is 18.4 Å². The molecular weight excluding hydrogens is 317 g/mol. The number of hydrogen-bond acceptors (Lipinski definition) is 5. The standard InChI is InChI=1S/C13H13F3N4O3/c1-12(2,20-11(22)13(14,15)16)10(21)19-8-4-7(5-17)9(23-3)18-6-8/h4,6H,1-3H3,(H,19,21)(H,20,22). The van der Waals surface area contributed by atoms with Crippen molar-refractivity contribution in [3.05, 3.63) is 17.8 Å². The number of nitrogens with one attached hydrogen (secondary N) is 2. The average Bonchev–Trinajstić information content (AvgIpc) is 2.45. The van der Waals surface area contributed by atoms with Gasteiger partial charge in [-0.1, -0.05) is 0 Å². The summed E-state index contributed by atoms with van der Waals surface area (Å²) in [6.07, 6.45) is -3.94. The SMILES string of the molecule is COc1ncc(NC(=O)C(C)(C)NC(=O)C(F)(F)F)cc1C#N. The minimum absolute atomic E-state index is 0.0300. The molecule has 0 saturated heterocycles. The molecule has 7 nitrogen and oxygen atoms in total. The number of methoxy groups -OCH3 is 1. The van der Waals surface area contributed by atoms with Crippen LogP contribution in [0.4, 0.5) is 18.9 Å². The monoisotopic (exact) mass is 330 g/mol. The number of carbonyl (C=O) groups is 2. The zero-order valence-corrected chi connectivity index (χ0v) is 12.4. The third kappa shape index (κ3) is 4.57. The number of nitrogens with zero attached hydrogens (tertiary/aromatic N) is 2. The number of anilines is 1. The lowest BCUT2D eigenvalue weighted by Gasteiger charge is -2.25. The molecule has 0 aromatic carbocycles. The second-order valence-corrected chi connectivity index (χ2v) is 4.92. The van der Waals surface area contributed by atoms with Gasteiger partial charge in [-0.3, -0.25) is 9.59 Å². The Bertz CT molecular complexity index is 665. The van der Waals surface area contributed by atoms with E-state index >= 15 is 0 Å². The highest BCUT2D eigenvalue weighted by atomic mass is 19.4. The lowest BCUT2D eigenvalue weighted by Crippen LogP contribution is -2.55. The van der Waals surface area contributed by atoms with E-state index in [1.54, 1.807) is 11.4 Å².